The summed E-state index contributed by atoms with van der Waals surface area (Å²) in [5.74, 6) is -0.261. The second-order valence-corrected chi connectivity index (χ2v) is 5.41. The minimum Gasteiger partial charge on any atom is -0.398 e. The summed E-state index contributed by atoms with van der Waals surface area (Å²) in [6.07, 6.45) is 1.20. The molecule has 4 heteroatoms. The molecule has 3 nitrogen and oxygen atoms in total. The van der Waals surface area contributed by atoms with Crippen LogP contribution in [0.3, 0.4) is 0 Å². The average Bonchev–Trinajstić information content (AvgIpc) is 2.42. The number of anilines is 1. The molecule has 0 spiro atoms. The van der Waals surface area contributed by atoms with E-state index in [9.17, 15) is 4.39 Å². The fraction of sp³-hybridized carbons (Fsp3) is 0.600. The lowest BCUT2D eigenvalue weighted by atomic mass is 10.1. The lowest BCUT2D eigenvalue weighted by molar-refractivity contribution is 0.0965. The molecule has 0 aromatic heterocycles. The van der Waals surface area contributed by atoms with Crippen LogP contribution in [0.25, 0.3) is 0 Å². The van der Waals surface area contributed by atoms with E-state index in [2.05, 4.69) is 23.6 Å². The molecular formula is C15H24FN3. The number of hydrogen-bond donors (Lipinski definition) is 1. The van der Waals surface area contributed by atoms with Gasteiger partial charge in [0, 0.05) is 44.5 Å². The van der Waals surface area contributed by atoms with Crippen LogP contribution < -0.4 is 5.73 Å². The van der Waals surface area contributed by atoms with E-state index in [4.69, 9.17) is 5.73 Å². The fourth-order valence-electron chi connectivity index (χ4n) is 2.57. The number of halogens is 1. The summed E-state index contributed by atoms with van der Waals surface area (Å²) in [5.41, 5.74) is 7.44. The van der Waals surface area contributed by atoms with Crippen LogP contribution in [-0.2, 0) is 6.54 Å². The summed E-state index contributed by atoms with van der Waals surface area (Å²) in [7, 11) is 0. The molecule has 1 aromatic rings. The molecular weight excluding hydrogens is 241 g/mol. The molecule has 19 heavy (non-hydrogen) atoms. The van der Waals surface area contributed by atoms with Crippen LogP contribution in [0.5, 0.6) is 0 Å². The molecule has 1 atom stereocenters. The number of piperazine rings is 1. The van der Waals surface area contributed by atoms with Gasteiger partial charge in [0.05, 0.1) is 0 Å². The highest BCUT2D eigenvalue weighted by molar-refractivity contribution is 5.46. The molecule has 0 bridgehead atoms. The van der Waals surface area contributed by atoms with E-state index in [0.717, 1.165) is 38.3 Å². The standard InChI is InChI=1S/C15H24FN3/c1-3-12(2)19-8-6-18(7-9-19)11-13-4-5-14(16)10-15(13)17/h4-5,10,12H,3,6-9,11,17H2,1-2H3. The summed E-state index contributed by atoms with van der Waals surface area (Å²) in [6.45, 7) is 9.67. The zero-order chi connectivity index (χ0) is 13.8. The predicted octanol–water partition coefficient (Wildman–Crippen LogP) is 2.32. The molecule has 1 aliphatic heterocycles. The molecule has 1 fully saturated rings. The summed E-state index contributed by atoms with van der Waals surface area (Å²) < 4.78 is 13.0. The highest BCUT2D eigenvalue weighted by Crippen LogP contribution is 2.17. The quantitative estimate of drug-likeness (QED) is 0.848. The maximum atomic E-state index is 13.0. The molecule has 0 amide bonds. The van der Waals surface area contributed by atoms with E-state index in [1.165, 1.54) is 18.6 Å². The Morgan fingerprint density at radius 2 is 1.95 bits per heavy atom. The largest absolute Gasteiger partial charge is 0.398 e. The van der Waals surface area contributed by atoms with Gasteiger partial charge in [-0.25, -0.2) is 4.39 Å². The van der Waals surface area contributed by atoms with Gasteiger partial charge in [-0.05, 0) is 31.0 Å². The SMILES string of the molecule is CCC(C)N1CCN(Cc2ccc(F)cc2N)CC1. The molecule has 1 heterocycles. The van der Waals surface area contributed by atoms with Crippen LogP contribution in [0.2, 0.25) is 0 Å². The fourth-order valence-corrected chi connectivity index (χ4v) is 2.57. The predicted molar refractivity (Wildman–Crippen MR) is 77.4 cm³/mol. The lowest BCUT2D eigenvalue weighted by Gasteiger charge is -2.38. The van der Waals surface area contributed by atoms with Crippen LogP contribution in [0.4, 0.5) is 10.1 Å². The first-order chi connectivity index (χ1) is 9.10. The highest BCUT2D eigenvalue weighted by atomic mass is 19.1. The zero-order valence-electron chi connectivity index (χ0n) is 11.9. The number of hydrogen-bond acceptors (Lipinski definition) is 3. The van der Waals surface area contributed by atoms with Gasteiger partial charge in [-0.15, -0.1) is 0 Å². The lowest BCUT2D eigenvalue weighted by Crippen LogP contribution is -2.49. The van der Waals surface area contributed by atoms with Gasteiger partial charge in [-0.2, -0.15) is 0 Å². The van der Waals surface area contributed by atoms with E-state index in [0.29, 0.717) is 11.7 Å². The van der Waals surface area contributed by atoms with Gasteiger partial charge >= 0.3 is 0 Å². The molecule has 0 saturated carbocycles. The van der Waals surface area contributed by atoms with Crippen LogP contribution in [0.15, 0.2) is 18.2 Å². The molecule has 0 aliphatic carbocycles. The monoisotopic (exact) mass is 265 g/mol. The van der Waals surface area contributed by atoms with Crippen molar-refractivity contribution in [2.24, 2.45) is 0 Å². The number of nitrogens with two attached hydrogens (primary N) is 1. The van der Waals surface area contributed by atoms with E-state index in [1.54, 1.807) is 6.07 Å². The highest BCUT2D eigenvalue weighted by Gasteiger charge is 2.20. The molecule has 1 aliphatic rings. The van der Waals surface area contributed by atoms with Crippen molar-refractivity contribution in [3.8, 4) is 0 Å². The van der Waals surface area contributed by atoms with Gasteiger partial charge < -0.3 is 5.73 Å². The minimum absolute atomic E-state index is 0.261. The van der Waals surface area contributed by atoms with Crippen LogP contribution in [-0.4, -0.2) is 42.0 Å². The maximum absolute atomic E-state index is 13.0. The third kappa shape index (κ3) is 3.67. The van der Waals surface area contributed by atoms with Crippen LogP contribution >= 0.6 is 0 Å². The van der Waals surface area contributed by atoms with Crippen molar-refractivity contribution < 1.29 is 4.39 Å². The Labute approximate surface area is 115 Å². The summed E-state index contributed by atoms with van der Waals surface area (Å²) in [5, 5.41) is 0. The Balaban J connectivity index is 1.88. The molecule has 1 saturated heterocycles. The Bertz CT molecular complexity index is 414. The molecule has 106 valence electrons. The Morgan fingerprint density at radius 3 is 2.53 bits per heavy atom. The number of benzene rings is 1. The van der Waals surface area contributed by atoms with Crippen LogP contribution in [0, 0.1) is 5.82 Å². The van der Waals surface area contributed by atoms with Gasteiger partial charge in [0.1, 0.15) is 5.82 Å². The van der Waals surface area contributed by atoms with Gasteiger partial charge in [-0.1, -0.05) is 13.0 Å². The molecule has 0 radical (unpaired) electrons. The minimum atomic E-state index is -0.261. The van der Waals surface area contributed by atoms with Crippen molar-refractivity contribution in [2.75, 3.05) is 31.9 Å². The van der Waals surface area contributed by atoms with Crippen molar-refractivity contribution in [3.05, 3.63) is 29.6 Å². The number of rotatable bonds is 4. The zero-order valence-corrected chi connectivity index (χ0v) is 11.9. The van der Waals surface area contributed by atoms with E-state index >= 15 is 0 Å². The van der Waals surface area contributed by atoms with Gasteiger partial charge in [0.15, 0.2) is 0 Å². The summed E-state index contributed by atoms with van der Waals surface area (Å²) in [6, 6.07) is 5.36. The molecule has 1 unspecified atom stereocenters. The smallest absolute Gasteiger partial charge is 0.125 e. The van der Waals surface area contributed by atoms with E-state index in [1.807, 2.05) is 0 Å². The van der Waals surface area contributed by atoms with Crippen molar-refractivity contribution >= 4 is 5.69 Å². The molecule has 1 aromatic carbocycles. The van der Waals surface area contributed by atoms with Crippen molar-refractivity contribution in [1.29, 1.82) is 0 Å². The van der Waals surface area contributed by atoms with Gasteiger partial charge in [-0.3, -0.25) is 9.80 Å². The molecule has 2 N–H and O–H groups in total. The van der Waals surface area contributed by atoms with E-state index < -0.39 is 0 Å². The first-order valence-corrected chi connectivity index (χ1v) is 7.10. The van der Waals surface area contributed by atoms with Gasteiger partial charge in [0.25, 0.3) is 0 Å². The Morgan fingerprint density at radius 1 is 1.26 bits per heavy atom. The molecule has 2 rings (SSSR count). The van der Waals surface area contributed by atoms with Crippen molar-refractivity contribution in [2.45, 2.75) is 32.9 Å². The van der Waals surface area contributed by atoms with Crippen molar-refractivity contribution in [1.82, 2.24) is 9.80 Å². The first-order valence-electron chi connectivity index (χ1n) is 7.10. The summed E-state index contributed by atoms with van der Waals surface area (Å²) >= 11 is 0. The van der Waals surface area contributed by atoms with E-state index in [-0.39, 0.29) is 5.82 Å². The number of nitrogens with zero attached hydrogens (tertiary/aromatic N) is 2. The summed E-state index contributed by atoms with van der Waals surface area (Å²) in [4.78, 5) is 4.92. The Hall–Kier alpha value is -1.13. The third-order valence-corrected chi connectivity index (χ3v) is 4.12. The average molecular weight is 265 g/mol. The van der Waals surface area contributed by atoms with Gasteiger partial charge in [0.2, 0.25) is 0 Å². The second-order valence-electron chi connectivity index (χ2n) is 5.41. The van der Waals surface area contributed by atoms with Crippen LogP contribution in [0.1, 0.15) is 25.8 Å². The van der Waals surface area contributed by atoms with Crippen molar-refractivity contribution in [3.63, 3.8) is 0 Å². The second kappa shape index (κ2) is 6.35. The topological polar surface area (TPSA) is 32.5 Å². The Kier molecular flexibility index (Phi) is 4.77. The normalized spacial score (nSPS) is 19.5. The number of nitrogen functional groups attached to an aromatic ring is 1. The third-order valence-electron chi connectivity index (χ3n) is 4.12. The maximum Gasteiger partial charge on any atom is 0.125 e. The first kappa shape index (κ1) is 14.3.